The Kier molecular flexibility index (Phi) is 1.68. The van der Waals surface area contributed by atoms with Crippen molar-refractivity contribution in [1.82, 2.24) is 9.88 Å². The monoisotopic (exact) mass is 252 g/mol. The summed E-state index contributed by atoms with van der Waals surface area (Å²) in [6, 6.07) is 2.35. The molecule has 2 aliphatic rings. The molecule has 1 aromatic rings. The average Bonchev–Trinajstić information content (AvgIpc) is 2.95. The van der Waals surface area contributed by atoms with Gasteiger partial charge in [0.05, 0.1) is 17.8 Å². The predicted octanol–water partition coefficient (Wildman–Crippen LogP) is 1.96. The smallest absolute Gasteiger partial charge is 0.256 e. The fraction of sp³-hybridized carbons (Fsp3) is 0.400. The molecular formula is C10H9BrN2O. The molecule has 3 nitrogen and oxygen atoms in total. The van der Waals surface area contributed by atoms with Crippen LogP contribution >= 0.6 is 15.9 Å². The lowest BCUT2D eigenvalue weighted by molar-refractivity contribution is 0.0766. The van der Waals surface area contributed by atoms with Crippen LogP contribution in [0.2, 0.25) is 0 Å². The number of hydrogen-bond donors (Lipinski definition) is 0. The highest BCUT2D eigenvalue weighted by atomic mass is 79.9. The first-order chi connectivity index (χ1) is 6.75. The van der Waals surface area contributed by atoms with Gasteiger partial charge in [-0.05, 0) is 34.8 Å². The number of amides is 1. The van der Waals surface area contributed by atoms with E-state index in [4.69, 9.17) is 0 Å². The predicted molar refractivity (Wildman–Crippen MR) is 54.8 cm³/mol. The molecule has 1 aliphatic carbocycles. The number of hydrogen-bond acceptors (Lipinski definition) is 2. The zero-order chi connectivity index (χ0) is 9.71. The number of carbonyl (C=O) groups is 1. The lowest BCUT2D eigenvalue weighted by Gasteiger charge is -2.12. The number of fused-ring (bicyclic) bond motifs is 1. The Morgan fingerprint density at radius 3 is 3.00 bits per heavy atom. The van der Waals surface area contributed by atoms with Crippen molar-refractivity contribution in [2.75, 3.05) is 0 Å². The van der Waals surface area contributed by atoms with E-state index in [2.05, 4.69) is 20.9 Å². The summed E-state index contributed by atoms with van der Waals surface area (Å²) in [5.41, 5.74) is 1.69. The topological polar surface area (TPSA) is 33.2 Å². The second-order valence-corrected chi connectivity index (χ2v) is 4.73. The zero-order valence-corrected chi connectivity index (χ0v) is 9.12. The van der Waals surface area contributed by atoms with Crippen LogP contribution in [0.3, 0.4) is 0 Å². The van der Waals surface area contributed by atoms with Gasteiger partial charge < -0.3 is 4.90 Å². The largest absolute Gasteiger partial charge is 0.330 e. The number of halogens is 1. The maximum Gasteiger partial charge on any atom is 0.256 e. The third kappa shape index (κ3) is 1.17. The maximum atomic E-state index is 11.9. The Hall–Kier alpha value is -0.900. The van der Waals surface area contributed by atoms with Gasteiger partial charge in [-0.1, -0.05) is 0 Å². The quantitative estimate of drug-likeness (QED) is 0.766. The Labute approximate surface area is 90.3 Å². The Morgan fingerprint density at radius 1 is 1.50 bits per heavy atom. The van der Waals surface area contributed by atoms with Gasteiger partial charge in [-0.3, -0.25) is 9.78 Å². The third-order valence-corrected chi connectivity index (χ3v) is 3.17. The number of aromatic nitrogens is 1. The van der Waals surface area contributed by atoms with Gasteiger partial charge in [0.25, 0.3) is 5.91 Å². The summed E-state index contributed by atoms with van der Waals surface area (Å²) < 4.78 is 0.877. The van der Waals surface area contributed by atoms with Gasteiger partial charge in [-0.2, -0.15) is 0 Å². The lowest BCUT2D eigenvalue weighted by atomic mass is 10.2. The first kappa shape index (κ1) is 8.41. The van der Waals surface area contributed by atoms with Gasteiger partial charge in [-0.25, -0.2) is 0 Å². The van der Waals surface area contributed by atoms with Crippen molar-refractivity contribution in [3.63, 3.8) is 0 Å². The van der Waals surface area contributed by atoms with Gasteiger partial charge in [-0.15, -0.1) is 0 Å². The van der Waals surface area contributed by atoms with Crippen molar-refractivity contribution in [2.45, 2.75) is 25.4 Å². The second kappa shape index (κ2) is 2.79. The summed E-state index contributed by atoms with van der Waals surface area (Å²) >= 11 is 3.33. The fourth-order valence-electron chi connectivity index (χ4n) is 1.85. The molecule has 2 heterocycles. The van der Waals surface area contributed by atoms with E-state index in [0.29, 0.717) is 12.6 Å². The molecule has 0 unspecified atom stereocenters. The van der Waals surface area contributed by atoms with Crippen molar-refractivity contribution in [1.29, 1.82) is 0 Å². The van der Waals surface area contributed by atoms with E-state index in [9.17, 15) is 4.79 Å². The minimum absolute atomic E-state index is 0.149. The number of pyridine rings is 1. The van der Waals surface area contributed by atoms with Crippen molar-refractivity contribution >= 4 is 21.8 Å². The van der Waals surface area contributed by atoms with Crippen LogP contribution in [0.15, 0.2) is 16.7 Å². The highest BCUT2D eigenvalue weighted by Gasteiger charge is 2.38. The number of nitrogens with zero attached hydrogens (tertiary/aromatic N) is 2. The molecule has 14 heavy (non-hydrogen) atoms. The molecule has 3 rings (SSSR count). The van der Waals surface area contributed by atoms with Gasteiger partial charge in [0.15, 0.2) is 0 Å². The maximum absolute atomic E-state index is 11.9. The molecule has 0 N–H and O–H groups in total. The van der Waals surface area contributed by atoms with E-state index in [1.165, 1.54) is 0 Å². The van der Waals surface area contributed by atoms with E-state index in [-0.39, 0.29) is 5.91 Å². The number of carbonyl (C=O) groups excluding carboxylic acids is 1. The van der Waals surface area contributed by atoms with Crippen LogP contribution in [0.4, 0.5) is 0 Å². The van der Waals surface area contributed by atoms with E-state index in [0.717, 1.165) is 28.6 Å². The van der Waals surface area contributed by atoms with Crippen molar-refractivity contribution in [3.8, 4) is 0 Å². The molecule has 4 heteroatoms. The van der Waals surface area contributed by atoms with Crippen molar-refractivity contribution in [2.24, 2.45) is 0 Å². The average molecular weight is 253 g/mol. The Bertz CT molecular complexity index is 415. The van der Waals surface area contributed by atoms with Gasteiger partial charge in [0.1, 0.15) is 0 Å². The molecule has 0 bridgehead atoms. The Balaban J connectivity index is 2.01. The van der Waals surface area contributed by atoms with Crippen LogP contribution in [-0.2, 0) is 6.54 Å². The molecule has 1 aliphatic heterocycles. The summed E-state index contributed by atoms with van der Waals surface area (Å²) in [7, 11) is 0. The summed E-state index contributed by atoms with van der Waals surface area (Å²) in [5.74, 6) is 0.149. The van der Waals surface area contributed by atoms with Crippen LogP contribution in [0.5, 0.6) is 0 Å². The molecule has 0 radical (unpaired) electrons. The number of rotatable bonds is 1. The minimum atomic E-state index is 0.149. The lowest BCUT2D eigenvalue weighted by Crippen LogP contribution is -2.25. The molecule has 0 saturated heterocycles. The molecule has 0 aromatic carbocycles. The van der Waals surface area contributed by atoms with E-state index < -0.39 is 0 Å². The molecular weight excluding hydrogens is 244 g/mol. The summed E-state index contributed by atoms with van der Waals surface area (Å²) in [6.45, 7) is 0.701. The van der Waals surface area contributed by atoms with Crippen LogP contribution in [0.25, 0.3) is 0 Å². The summed E-state index contributed by atoms with van der Waals surface area (Å²) in [4.78, 5) is 18.1. The SMILES string of the molecule is O=C1c2cc(Br)cnc2CN1C1CC1. The highest BCUT2D eigenvalue weighted by Crippen LogP contribution is 2.34. The summed E-state index contributed by atoms with van der Waals surface area (Å²) in [6.07, 6.45) is 4.06. The van der Waals surface area contributed by atoms with Gasteiger partial charge in [0, 0.05) is 16.7 Å². The standard InChI is InChI=1S/C10H9BrN2O/c11-6-3-8-9(12-4-6)5-13(10(8)14)7-1-2-7/h3-4,7H,1-2,5H2. The molecule has 1 amide bonds. The first-order valence-electron chi connectivity index (χ1n) is 4.71. The Morgan fingerprint density at radius 2 is 2.29 bits per heavy atom. The first-order valence-corrected chi connectivity index (χ1v) is 5.50. The molecule has 1 saturated carbocycles. The van der Waals surface area contributed by atoms with E-state index >= 15 is 0 Å². The fourth-order valence-corrected chi connectivity index (χ4v) is 2.18. The molecule has 0 atom stereocenters. The van der Waals surface area contributed by atoms with Gasteiger partial charge in [0.2, 0.25) is 0 Å². The second-order valence-electron chi connectivity index (χ2n) is 3.81. The normalized spacial score (nSPS) is 20.1. The van der Waals surface area contributed by atoms with Gasteiger partial charge >= 0.3 is 0 Å². The zero-order valence-electron chi connectivity index (χ0n) is 7.53. The van der Waals surface area contributed by atoms with Crippen LogP contribution in [-0.4, -0.2) is 21.8 Å². The molecule has 72 valence electrons. The van der Waals surface area contributed by atoms with E-state index in [1.807, 2.05) is 11.0 Å². The van der Waals surface area contributed by atoms with Crippen LogP contribution in [0, 0.1) is 0 Å². The molecule has 0 spiro atoms. The van der Waals surface area contributed by atoms with Crippen molar-refractivity contribution < 1.29 is 4.79 Å². The third-order valence-electron chi connectivity index (χ3n) is 2.74. The summed E-state index contributed by atoms with van der Waals surface area (Å²) in [5, 5.41) is 0. The highest BCUT2D eigenvalue weighted by molar-refractivity contribution is 9.10. The van der Waals surface area contributed by atoms with E-state index in [1.54, 1.807) is 6.20 Å². The van der Waals surface area contributed by atoms with Crippen LogP contribution < -0.4 is 0 Å². The molecule has 1 fully saturated rings. The minimum Gasteiger partial charge on any atom is -0.330 e. The van der Waals surface area contributed by atoms with Crippen LogP contribution in [0.1, 0.15) is 28.9 Å². The molecule has 1 aromatic heterocycles. The van der Waals surface area contributed by atoms with Crippen molar-refractivity contribution in [3.05, 3.63) is 28.0 Å².